The van der Waals surface area contributed by atoms with Crippen LogP contribution in [0.4, 0.5) is 38.8 Å². The van der Waals surface area contributed by atoms with Crippen LogP contribution in [0.1, 0.15) is 62.8 Å². The third kappa shape index (κ3) is 10.5. The first kappa shape index (κ1) is 47.7. The number of nitrogens with zero attached hydrogens (tertiary/aromatic N) is 7. The third-order valence-corrected chi connectivity index (χ3v) is 11.8. The van der Waals surface area contributed by atoms with Crippen molar-refractivity contribution in [3.05, 3.63) is 93.8 Å². The lowest BCUT2D eigenvalue weighted by Crippen LogP contribution is -2.53. The minimum Gasteiger partial charge on any atom is -0.497 e. The number of halogens is 5. The molecule has 352 valence electrons. The molecule has 0 aliphatic carbocycles. The van der Waals surface area contributed by atoms with Gasteiger partial charge in [0, 0.05) is 50.7 Å². The number of hydrogen-bond acceptors (Lipinski definition) is 11. The van der Waals surface area contributed by atoms with Crippen molar-refractivity contribution < 1.29 is 51.2 Å². The highest BCUT2D eigenvalue weighted by Crippen LogP contribution is 2.46. The van der Waals surface area contributed by atoms with E-state index >= 15 is 17.6 Å². The summed E-state index contributed by atoms with van der Waals surface area (Å²) in [6, 6.07) is 15.8. The average Bonchev–Trinajstić information content (AvgIpc) is 3.74. The topological polar surface area (TPSA) is 143 Å². The van der Waals surface area contributed by atoms with E-state index in [1.807, 2.05) is 24.3 Å². The first-order valence-electron chi connectivity index (χ1n) is 21.4. The predicted molar refractivity (Wildman–Crippen MR) is 241 cm³/mol. The van der Waals surface area contributed by atoms with Gasteiger partial charge in [-0.05, 0) is 101 Å². The Kier molecular flexibility index (Phi) is 13.9. The number of carbonyl (C=O) groups is 2. The molecule has 1 N–H and O–H groups in total. The van der Waals surface area contributed by atoms with E-state index in [1.165, 1.54) is 24.0 Å². The number of carboxylic acid groups (broad SMARTS) is 1. The van der Waals surface area contributed by atoms with Gasteiger partial charge in [-0.25, -0.2) is 19.0 Å². The Bertz CT molecular complexity index is 2530. The summed E-state index contributed by atoms with van der Waals surface area (Å²) >= 11 is 6.93. The second-order valence-electron chi connectivity index (χ2n) is 17.4. The highest BCUT2D eigenvalue weighted by Gasteiger charge is 2.40. The number of methoxy groups -OCH3 is 2. The zero-order valence-electron chi connectivity index (χ0n) is 37.7. The van der Waals surface area contributed by atoms with Gasteiger partial charge in [-0.15, -0.1) is 0 Å². The van der Waals surface area contributed by atoms with Crippen LogP contribution in [0.2, 0.25) is 5.02 Å². The molecular formula is C47H52ClF4N7O7. The summed E-state index contributed by atoms with van der Waals surface area (Å²) in [7, 11) is 3.08. The molecule has 2 aliphatic rings. The number of pyridine rings is 1. The van der Waals surface area contributed by atoms with Crippen molar-refractivity contribution >= 4 is 46.3 Å². The molecule has 2 aliphatic heterocycles. The minimum atomic E-state index is -5.00. The van der Waals surface area contributed by atoms with Crippen molar-refractivity contribution in [3.8, 4) is 28.8 Å². The smallest absolute Gasteiger partial charge is 0.418 e. The van der Waals surface area contributed by atoms with Crippen LogP contribution in [-0.2, 0) is 24.0 Å². The van der Waals surface area contributed by atoms with Crippen LogP contribution in [0, 0.1) is 12.7 Å². The molecule has 66 heavy (non-hydrogen) atoms. The van der Waals surface area contributed by atoms with Gasteiger partial charge in [0.15, 0.2) is 5.82 Å². The summed E-state index contributed by atoms with van der Waals surface area (Å²) in [4.78, 5) is 45.1. The van der Waals surface area contributed by atoms with Gasteiger partial charge >= 0.3 is 24.4 Å². The molecule has 5 aromatic rings. The molecule has 2 saturated heterocycles. The molecule has 19 heteroatoms. The molecule has 0 radical (unpaired) electrons. The van der Waals surface area contributed by atoms with Crippen LogP contribution < -0.4 is 24.0 Å². The maximum Gasteiger partial charge on any atom is 0.418 e. The van der Waals surface area contributed by atoms with E-state index in [-0.39, 0.29) is 72.9 Å². The monoisotopic (exact) mass is 937 g/mol. The number of ether oxygens (including phenoxy) is 4. The van der Waals surface area contributed by atoms with Crippen molar-refractivity contribution in [2.75, 3.05) is 56.8 Å². The predicted octanol–water partition coefficient (Wildman–Crippen LogP) is 10.0. The Labute approximate surface area is 385 Å². The minimum absolute atomic E-state index is 0.0579. The standard InChI is InChI=1S/C47H52ClF4N7O7/c1-27-21-36(57(24-29-10-14-32(63-6)15-11-29)25-30-12-16-33(64-7)17-13-30)53-41(38(27)47(50,51)52)37-35(48)22-34-40(39(37)49)54-43(55-42(34)58-20-19-56(44(60)61)23-28(58)2)65-26-31-9-8-18-59(31)45(62)66-46(3,4)5/h10-17,21-22,28,31H,8-9,18-20,23-26H2,1-7H3,(H,60,61)/t28-,31-/m0/s1. The lowest BCUT2D eigenvalue weighted by Gasteiger charge is -2.39. The Balaban J connectivity index is 1.37. The van der Waals surface area contributed by atoms with E-state index in [0.29, 0.717) is 30.9 Å². The number of piperazine rings is 1. The number of carbonyl (C=O) groups excluding carboxylic acids is 1. The number of fused-ring (bicyclic) bond motifs is 1. The average molecular weight is 938 g/mol. The molecule has 2 atom stereocenters. The van der Waals surface area contributed by atoms with Crippen LogP contribution in [0.5, 0.6) is 17.5 Å². The number of amides is 2. The first-order valence-corrected chi connectivity index (χ1v) is 21.8. The number of rotatable bonds is 12. The van der Waals surface area contributed by atoms with Gasteiger partial charge in [-0.3, -0.25) is 0 Å². The van der Waals surface area contributed by atoms with Crippen molar-refractivity contribution in [1.82, 2.24) is 24.8 Å². The zero-order chi connectivity index (χ0) is 47.7. The second-order valence-corrected chi connectivity index (χ2v) is 17.8. The summed E-state index contributed by atoms with van der Waals surface area (Å²) < 4.78 is 86.0. The van der Waals surface area contributed by atoms with Crippen LogP contribution in [0.3, 0.4) is 0 Å². The third-order valence-electron chi connectivity index (χ3n) is 11.5. The van der Waals surface area contributed by atoms with E-state index in [9.17, 15) is 14.7 Å². The van der Waals surface area contributed by atoms with Crippen LogP contribution in [0.15, 0.2) is 60.7 Å². The van der Waals surface area contributed by atoms with Gasteiger partial charge < -0.3 is 43.7 Å². The highest BCUT2D eigenvalue weighted by atomic mass is 35.5. The largest absolute Gasteiger partial charge is 0.497 e. The van der Waals surface area contributed by atoms with Crippen LogP contribution >= 0.6 is 11.6 Å². The van der Waals surface area contributed by atoms with Gasteiger partial charge in [0.25, 0.3) is 0 Å². The van der Waals surface area contributed by atoms with Crippen LogP contribution in [-0.4, -0.2) is 107 Å². The molecule has 0 saturated carbocycles. The van der Waals surface area contributed by atoms with Crippen LogP contribution in [0.25, 0.3) is 22.2 Å². The first-order chi connectivity index (χ1) is 31.2. The number of hydrogen-bond donors (Lipinski definition) is 1. The number of alkyl halides is 3. The molecule has 14 nitrogen and oxygen atoms in total. The summed E-state index contributed by atoms with van der Waals surface area (Å²) in [5, 5.41) is 9.41. The number of likely N-dealkylation sites (tertiary alicyclic amines) is 1. The lowest BCUT2D eigenvalue weighted by molar-refractivity contribution is -0.137. The van der Waals surface area contributed by atoms with Gasteiger partial charge in [0.2, 0.25) is 0 Å². The van der Waals surface area contributed by atoms with Gasteiger partial charge in [-0.1, -0.05) is 35.9 Å². The number of aromatic nitrogens is 3. The van der Waals surface area contributed by atoms with E-state index in [4.69, 9.17) is 30.5 Å². The molecule has 0 spiro atoms. The molecule has 0 bridgehead atoms. The molecule has 2 fully saturated rings. The van der Waals surface area contributed by atoms with Crippen molar-refractivity contribution in [3.63, 3.8) is 0 Å². The maximum atomic E-state index is 17.7. The lowest BCUT2D eigenvalue weighted by atomic mass is 9.98. The van der Waals surface area contributed by atoms with Crippen molar-refractivity contribution in [1.29, 1.82) is 0 Å². The summed E-state index contributed by atoms with van der Waals surface area (Å²) in [6.07, 6.45) is -5.40. The Morgan fingerprint density at radius 1 is 0.909 bits per heavy atom. The SMILES string of the molecule is COc1ccc(CN(Cc2ccc(OC)cc2)c2cc(C)c(C(F)(F)F)c(-c3c(Cl)cc4c(N5CCN(C(=O)O)C[C@@H]5C)nc(OC[C@@H]5CCCN5C(=O)OC(C)(C)C)nc4c3F)n2)cc1. The zero-order valence-corrected chi connectivity index (χ0v) is 38.5. The molecule has 7 rings (SSSR count). The quantitative estimate of drug-likeness (QED) is 0.119. The normalized spacial score (nSPS) is 16.7. The molecule has 4 heterocycles. The van der Waals surface area contributed by atoms with E-state index in [2.05, 4.69) is 15.0 Å². The van der Waals surface area contributed by atoms with Crippen molar-refractivity contribution in [2.24, 2.45) is 0 Å². The molecule has 3 aromatic carbocycles. The maximum absolute atomic E-state index is 17.7. The van der Waals surface area contributed by atoms with Gasteiger partial charge in [0.05, 0.1) is 42.1 Å². The second kappa shape index (κ2) is 19.3. The molecule has 2 amide bonds. The number of benzene rings is 3. The fourth-order valence-electron chi connectivity index (χ4n) is 8.32. The van der Waals surface area contributed by atoms with Gasteiger partial charge in [0.1, 0.15) is 40.9 Å². The van der Waals surface area contributed by atoms with E-state index in [0.717, 1.165) is 11.1 Å². The molecular weight excluding hydrogens is 886 g/mol. The molecule has 0 unspecified atom stereocenters. The molecule has 2 aromatic heterocycles. The Morgan fingerprint density at radius 2 is 1.53 bits per heavy atom. The van der Waals surface area contributed by atoms with E-state index in [1.54, 1.807) is 80.9 Å². The summed E-state index contributed by atoms with van der Waals surface area (Å²) in [6.45, 7) is 9.32. The van der Waals surface area contributed by atoms with Gasteiger partial charge in [-0.2, -0.15) is 23.1 Å². The fraction of sp³-hybridized carbons (Fsp3) is 0.426. The number of aryl methyl sites for hydroxylation is 1. The number of anilines is 2. The highest BCUT2D eigenvalue weighted by molar-refractivity contribution is 6.34. The van der Waals surface area contributed by atoms with E-state index < -0.39 is 64.2 Å². The Hall–Kier alpha value is -6.30. The Morgan fingerprint density at radius 3 is 2.08 bits per heavy atom. The van der Waals surface area contributed by atoms with Crippen molar-refractivity contribution in [2.45, 2.75) is 84.4 Å². The summed E-state index contributed by atoms with van der Waals surface area (Å²) in [5.74, 6) is 0.277. The fourth-order valence-corrected chi connectivity index (χ4v) is 8.61. The summed E-state index contributed by atoms with van der Waals surface area (Å²) in [5.41, 5.74) is -2.36.